The second-order valence-corrected chi connectivity index (χ2v) is 8.13. The summed E-state index contributed by atoms with van der Waals surface area (Å²) in [7, 11) is 6.30. The quantitative estimate of drug-likeness (QED) is 0.589. The van der Waals surface area contributed by atoms with Gasteiger partial charge in [0.05, 0.1) is 28.4 Å². The molecule has 2 atom stereocenters. The summed E-state index contributed by atoms with van der Waals surface area (Å²) in [5.41, 5.74) is 3.29. The number of carbonyl (C=O) groups is 1. The van der Waals surface area contributed by atoms with Crippen molar-refractivity contribution in [1.82, 2.24) is 20.2 Å². The van der Waals surface area contributed by atoms with E-state index in [0.29, 0.717) is 41.6 Å². The summed E-state index contributed by atoms with van der Waals surface area (Å²) < 4.78 is 23.4. The van der Waals surface area contributed by atoms with Gasteiger partial charge in [-0.3, -0.25) is 4.79 Å². The van der Waals surface area contributed by atoms with Crippen molar-refractivity contribution in [2.45, 2.75) is 24.8 Å². The monoisotopic (exact) mass is 463 g/mol. The SMILES string of the molecule is COc1ccc([C@H]2CC(=O)C3=C(C2)Nc2nnnn2[C@H]3c2cc(OC)c(OC)c(OC)c2)cc1. The maximum absolute atomic E-state index is 13.6. The van der Waals surface area contributed by atoms with Crippen LogP contribution in [0, 0.1) is 0 Å². The molecule has 2 heterocycles. The fraction of sp³-hybridized carbons (Fsp3) is 0.333. The first-order valence-corrected chi connectivity index (χ1v) is 10.8. The van der Waals surface area contributed by atoms with E-state index in [-0.39, 0.29) is 11.7 Å². The predicted molar refractivity (Wildman–Crippen MR) is 123 cm³/mol. The molecule has 2 aliphatic rings. The number of tetrazole rings is 1. The van der Waals surface area contributed by atoms with Crippen LogP contribution in [0.2, 0.25) is 0 Å². The van der Waals surface area contributed by atoms with Crippen molar-refractivity contribution in [3.63, 3.8) is 0 Å². The highest BCUT2D eigenvalue weighted by atomic mass is 16.5. The summed E-state index contributed by atoms with van der Waals surface area (Å²) in [5.74, 6) is 2.78. The van der Waals surface area contributed by atoms with E-state index in [0.717, 1.165) is 22.6 Å². The van der Waals surface area contributed by atoms with Gasteiger partial charge in [0.1, 0.15) is 11.8 Å². The molecule has 0 bridgehead atoms. The van der Waals surface area contributed by atoms with Crippen LogP contribution in [0.3, 0.4) is 0 Å². The van der Waals surface area contributed by atoms with E-state index in [1.807, 2.05) is 36.4 Å². The number of rotatable bonds is 6. The number of anilines is 1. The van der Waals surface area contributed by atoms with E-state index in [2.05, 4.69) is 20.8 Å². The zero-order valence-corrected chi connectivity index (χ0v) is 19.4. The molecule has 176 valence electrons. The van der Waals surface area contributed by atoms with Crippen LogP contribution in [-0.4, -0.2) is 54.4 Å². The first kappa shape index (κ1) is 21.7. The lowest BCUT2D eigenvalue weighted by Gasteiger charge is -2.35. The lowest BCUT2D eigenvalue weighted by atomic mass is 9.78. The van der Waals surface area contributed by atoms with Crippen LogP contribution < -0.4 is 24.3 Å². The summed E-state index contributed by atoms with van der Waals surface area (Å²) in [6.07, 6.45) is 1.03. The van der Waals surface area contributed by atoms with Crippen molar-refractivity contribution < 1.29 is 23.7 Å². The molecular weight excluding hydrogens is 438 g/mol. The molecule has 1 aliphatic carbocycles. The number of ether oxygens (including phenoxy) is 4. The van der Waals surface area contributed by atoms with E-state index in [4.69, 9.17) is 18.9 Å². The number of benzene rings is 2. The van der Waals surface area contributed by atoms with E-state index < -0.39 is 6.04 Å². The van der Waals surface area contributed by atoms with Gasteiger partial charge in [-0.15, -0.1) is 0 Å². The molecule has 0 fully saturated rings. The number of fused-ring (bicyclic) bond motifs is 1. The standard InChI is InChI=1S/C24H25N5O5/c1-31-16-7-5-13(6-8-16)14-9-17-21(18(30)10-14)22(29-24(25-17)26-27-28-29)15-11-19(32-2)23(34-4)20(12-15)33-3/h5-8,11-12,14,22H,9-10H2,1-4H3,(H,25,26,28)/t14-,22+/m1/s1. The molecule has 5 rings (SSSR count). The Kier molecular flexibility index (Phi) is 5.56. The highest BCUT2D eigenvalue weighted by Crippen LogP contribution is 2.47. The van der Waals surface area contributed by atoms with Crippen molar-refractivity contribution in [3.05, 3.63) is 58.8 Å². The molecule has 0 radical (unpaired) electrons. The Morgan fingerprint density at radius 2 is 1.62 bits per heavy atom. The van der Waals surface area contributed by atoms with Gasteiger partial charge in [-0.05, 0) is 58.2 Å². The second kappa shape index (κ2) is 8.69. The van der Waals surface area contributed by atoms with Crippen LogP contribution >= 0.6 is 0 Å². The van der Waals surface area contributed by atoms with Gasteiger partial charge in [0.2, 0.25) is 11.7 Å². The third-order valence-electron chi connectivity index (χ3n) is 6.37. The molecule has 10 nitrogen and oxygen atoms in total. The second-order valence-electron chi connectivity index (χ2n) is 8.13. The van der Waals surface area contributed by atoms with Crippen LogP contribution in [0.1, 0.15) is 35.9 Å². The summed E-state index contributed by atoms with van der Waals surface area (Å²) in [6, 6.07) is 11.0. The van der Waals surface area contributed by atoms with Crippen molar-refractivity contribution in [2.24, 2.45) is 0 Å². The largest absolute Gasteiger partial charge is 0.497 e. The molecule has 0 saturated carbocycles. The number of nitrogens with zero attached hydrogens (tertiary/aromatic N) is 4. The Labute approximate surface area is 196 Å². The van der Waals surface area contributed by atoms with Gasteiger partial charge in [0, 0.05) is 17.7 Å². The average molecular weight is 463 g/mol. The topological polar surface area (TPSA) is 110 Å². The number of hydrogen-bond donors (Lipinski definition) is 1. The Bertz CT molecular complexity index is 1240. The Morgan fingerprint density at radius 3 is 2.24 bits per heavy atom. The molecule has 0 amide bonds. The maximum Gasteiger partial charge on any atom is 0.248 e. The van der Waals surface area contributed by atoms with Crippen molar-refractivity contribution >= 4 is 11.7 Å². The van der Waals surface area contributed by atoms with E-state index in [9.17, 15) is 4.79 Å². The molecule has 2 aromatic carbocycles. The Balaban J connectivity index is 1.60. The fourth-order valence-corrected chi connectivity index (χ4v) is 4.75. The van der Waals surface area contributed by atoms with Gasteiger partial charge < -0.3 is 24.3 Å². The number of hydrogen-bond acceptors (Lipinski definition) is 9. The van der Waals surface area contributed by atoms with Crippen molar-refractivity contribution in [3.8, 4) is 23.0 Å². The minimum atomic E-state index is -0.528. The first-order valence-electron chi connectivity index (χ1n) is 10.8. The number of nitrogens with one attached hydrogen (secondary N) is 1. The summed E-state index contributed by atoms with van der Waals surface area (Å²) >= 11 is 0. The van der Waals surface area contributed by atoms with Crippen molar-refractivity contribution in [2.75, 3.05) is 33.8 Å². The van der Waals surface area contributed by atoms with Crippen molar-refractivity contribution in [1.29, 1.82) is 0 Å². The minimum Gasteiger partial charge on any atom is -0.497 e. The van der Waals surface area contributed by atoms with E-state index >= 15 is 0 Å². The van der Waals surface area contributed by atoms with Crippen LogP contribution in [0.25, 0.3) is 0 Å². The van der Waals surface area contributed by atoms with E-state index in [1.54, 1.807) is 33.1 Å². The molecule has 0 unspecified atom stereocenters. The summed E-state index contributed by atoms with van der Waals surface area (Å²) in [4.78, 5) is 13.6. The summed E-state index contributed by atoms with van der Waals surface area (Å²) in [6.45, 7) is 0. The first-order chi connectivity index (χ1) is 16.6. The third kappa shape index (κ3) is 3.51. The van der Waals surface area contributed by atoms with Crippen LogP contribution in [0.4, 0.5) is 5.95 Å². The molecule has 1 aromatic heterocycles. The minimum absolute atomic E-state index is 0.0349. The number of methoxy groups -OCH3 is 4. The van der Waals surface area contributed by atoms with Gasteiger partial charge in [0.25, 0.3) is 0 Å². The highest BCUT2D eigenvalue weighted by molar-refractivity contribution is 6.00. The molecular formula is C24H25N5O5. The number of Topliss-reactive ketones (excluding diaryl/α,β-unsaturated/α-hetero) is 1. The molecule has 1 N–H and O–H groups in total. The van der Waals surface area contributed by atoms with E-state index in [1.165, 1.54) is 0 Å². The molecule has 0 spiro atoms. The zero-order valence-electron chi connectivity index (χ0n) is 19.4. The lowest BCUT2D eigenvalue weighted by Crippen LogP contribution is -2.33. The van der Waals surface area contributed by atoms with Crippen LogP contribution in [0.5, 0.6) is 23.0 Å². The lowest BCUT2D eigenvalue weighted by molar-refractivity contribution is -0.116. The number of allylic oxidation sites excluding steroid dienone is 2. The Hall–Kier alpha value is -4.08. The smallest absolute Gasteiger partial charge is 0.248 e. The van der Waals surface area contributed by atoms with Gasteiger partial charge in [-0.2, -0.15) is 4.68 Å². The summed E-state index contributed by atoms with van der Waals surface area (Å²) in [5, 5.41) is 15.4. The zero-order chi connectivity index (χ0) is 23.8. The molecule has 1 aliphatic heterocycles. The number of ketones is 1. The fourth-order valence-electron chi connectivity index (χ4n) is 4.75. The van der Waals surface area contributed by atoms with Gasteiger partial charge >= 0.3 is 0 Å². The van der Waals surface area contributed by atoms with Crippen LogP contribution in [0.15, 0.2) is 47.7 Å². The predicted octanol–water partition coefficient (Wildman–Crippen LogP) is 3.12. The third-order valence-corrected chi connectivity index (χ3v) is 6.37. The van der Waals surface area contributed by atoms with Gasteiger partial charge in [-0.1, -0.05) is 17.2 Å². The van der Waals surface area contributed by atoms with Gasteiger partial charge in [0.15, 0.2) is 17.3 Å². The normalized spacial score (nSPS) is 19.1. The average Bonchev–Trinajstić information content (AvgIpc) is 3.34. The maximum atomic E-state index is 13.6. The molecule has 0 saturated heterocycles. The molecule has 34 heavy (non-hydrogen) atoms. The van der Waals surface area contributed by atoms with Gasteiger partial charge in [-0.25, -0.2) is 0 Å². The highest BCUT2D eigenvalue weighted by Gasteiger charge is 2.40. The Morgan fingerprint density at radius 1 is 0.912 bits per heavy atom. The van der Waals surface area contributed by atoms with Crippen LogP contribution in [-0.2, 0) is 4.79 Å². The number of carbonyl (C=O) groups excluding carboxylic acids is 1. The molecule has 3 aromatic rings. The molecule has 10 heteroatoms. The number of aromatic nitrogens is 4.